The van der Waals surface area contributed by atoms with Gasteiger partial charge in [-0.15, -0.1) is 0 Å². The second-order valence-electron chi connectivity index (χ2n) is 15.4. The number of aryl methyl sites for hydroxylation is 3. The van der Waals surface area contributed by atoms with E-state index in [4.69, 9.17) is 14.7 Å². The lowest BCUT2D eigenvalue weighted by Gasteiger charge is -2.46. The van der Waals surface area contributed by atoms with Crippen molar-refractivity contribution in [1.82, 2.24) is 0 Å². The molecule has 2 aliphatic carbocycles. The summed E-state index contributed by atoms with van der Waals surface area (Å²) in [4.78, 5) is 13.2. The van der Waals surface area contributed by atoms with E-state index in [1.165, 1.54) is 16.7 Å². The molecule has 5 nitrogen and oxygen atoms in total. The van der Waals surface area contributed by atoms with Gasteiger partial charge in [-0.3, -0.25) is 0 Å². The Labute approximate surface area is 336 Å². The molecular weight excluding hydrogens is 697 g/mol. The maximum Gasteiger partial charge on any atom is 0.160 e. The number of fused-ring (bicyclic) bond motifs is 1. The lowest BCUT2D eigenvalue weighted by molar-refractivity contribution is 0.108. The number of amidine groups is 1. The van der Waals surface area contributed by atoms with Gasteiger partial charge in [0.15, 0.2) is 5.84 Å². The molecule has 0 aromatic heterocycles. The van der Waals surface area contributed by atoms with Gasteiger partial charge in [0.1, 0.15) is 11.9 Å². The standard InChI is InChI=1S/C52H48N4O/c1-5-37-33-45(38-18-9-6-10-19-38)54-52(55-50(37)39-20-11-7-12-21-39)42-29-28-41(32-35(42)3)56-46-25-15-16-27-48(46)57-51-43(24-17-26-47(51)56)44-31-34(2)30-36(4)49(44)53-40-22-13-8-14-23-40/h6-23,25-33,37,43,46,48,53H,5,24H2,1-4H3/t37?,43?,46-,48?/m1/s1. The highest BCUT2D eigenvalue weighted by molar-refractivity contribution is 6.16. The number of nitrogens with one attached hydrogen (secondary N) is 1. The Morgan fingerprint density at radius 2 is 1.47 bits per heavy atom. The molecule has 4 aliphatic rings. The fourth-order valence-corrected chi connectivity index (χ4v) is 8.72. The van der Waals surface area contributed by atoms with Gasteiger partial charge in [0.2, 0.25) is 0 Å². The minimum Gasteiger partial charge on any atom is -0.485 e. The van der Waals surface area contributed by atoms with E-state index < -0.39 is 0 Å². The molecule has 0 radical (unpaired) electrons. The third-order valence-corrected chi connectivity index (χ3v) is 11.5. The van der Waals surface area contributed by atoms with Crippen LogP contribution in [0.5, 0.6) is 0 Å². The van der Waals surface area contributed by atoms with Gasteiger partial charge >= 0.3 is 0 Å². The van der Waals surface area contributed by atoms with E-state index in [0.717, 1.165) is 80.9 Å². The zero-order valence-electron chi connectivity index (χ0n) is 33.1. The Balaban J connectivity index is 1.15. The molecular formula is C52H48N4O. The molecule has 57 heavy (non-hydrogen) atoms. The van der Waals surface area contributed by atoms with Crippen molar-refractivity contribution in [3.05, 3.63) is 214 Å². The van der Waals surface area contributed by atoms with Gasteiger partial charge in [-0.25, -0.2) is 9.98 Å². The third kappa shape index (κ3) is 7.10. The first-order valence-electron chi connectivity index (χ1n) is 20.2. The number of para-hydroxylation sites is 1. The molecule has 0 spiro atoms. The maximum atomic E-state index is 7.07. The number of rotatable bonds is 8. The molecule has 3 unspecified atom stereocenters. The molecule has 1 N–H and O–H groups in total. The molecule has 4 atom stereocenters. The highest BCUT2D eigenvalue weighted by Gasteiger charge is 2.40. The average Bonchev–Trinajstić information content (AvgIpc) is 3.44. The molecule has 2 aliphatic heterocycles. The highest BCUT2D eigenvalue weighted by Crippen LogP contribution is 2.47. The van der Waals surface area contributed by atoms with Crippen LogP contribution in [0.2, 0.25) is 0 Å². The van der Waals surface area contributed by atoms with Crippen LogP contribution in [0.3, 0.4) is 0 Å². The van der Waals surface area contributed by atoms with Crippen molar-refractivity contribution in [2.24, 2.45) is 15.9 Å². The Kier molecular flexibility index (Phi) is 9.90. The molecule has 9 rings (SSSR count). The van der Waals surface area contributed by atoms with Crippen LogP contribution in [-0.2, 0) is 4.74 Å². The molecule has 0 bridgehead atoms. The molecule has 0 saturated carbocycles. The van der Waals surface area contributed by atoms with E-state index in [1.54, 1.807) is 0 Å². The molecule has 0 saturated heterocycles. The van der Waals surface area contributed by atoms with Crippen LogP contribution in [0.15, 0.2) is 185 Å². The van der Waals surface area contributed by atoms with Crippen molar-refractivity contribution in [3.8, 4) is 0 Å². The van der Waals surface area contributed by atoms with Gasteiger partial charge in [-0.2, -0.15) is 0 Å². The first-order valence-corrected chi connectivity index (χ1v) is 20.2. The SMILES string of the molecule is CCC1C=C(c2ccccc2)N=C(c2ccc(N3C4=C(OC5C=CC=C[C@H]53)C(c3cc(C)cc(C)c3Nc3ccccc3)CC=C4)cc2C)N=C1c1ccccc1. The largest absolute Gasteiger partial charge is 0.485 e. The van der Waals surface area contributed by atoms with Gasteiger partial charge in [-0.1, -0.05) is 128 Å². The molecule has 0 amide bonds. The van der Waals surface area contributed by atoms with E-state index in [2.05, 4.69) is 202 Å². The first kappa shape index (κ1) is 36.2. The zero-order valence-corrected chi connectivity index (χ0v) is 33.1. The van der Waals surface area contributed by atoms with E-state index in [-0.39, 0.29) is 24.0 Å². The topological polar surface area (TPSA) is 49.2 Å². The number of benzene rings is 5. The number of anilines is 3. The highest BCUT2D eigenvalue weighted by atomic mass is 16.5. The van der Waals surface area contributed by atoms with E-state index in [1.807, 2.05) is 0 Å². The summed E-state index contributed by atoms with van der Waals surface area (Å²) in [5.74, 6) is 1.90. The monoisotopic (exact) mass is 744 g/mol. The number of aliphatic imine (C=N–C) groups is 2. The van der Waals surface area contributed by atoms with Crippen LogP contribution in [-0.4, -0.2) is 23.7 Å². The van der Waals surface area contributed by atoms with Crippen LogP contribution in [0.1, 0.15) is 64.6 Å². The minimum atomic E-state index is -0.132. The summed E-state index contributed by atoms with van der Waals surface area (Å²) in [7, 11) is 0. The second kappa shape index (κ2) is 15.6. The van der Waals surface area contributed by atoms with Gasteiger partial charge in [0, 0.05) is 34.5 Å². The van der Waals surface area contributed by atoms with Crippen LogP contribution in [0.4, 0.5) is 17.1 Å². The predicted molar refractivity (Wildman–Crippen MR) is 237 cm³/mol. The number of hydrogen-bond donors (Lipinski definition) is 1. The molecule has 5 aromatic rings. The minimum absolute atomic E-state index is 0.000543. The summed E-state index contributed by atoms with van der Waals surface area (Å²) in [6, 6.07) is 42.9. The molecule has 0 fully saturated rings. The summed E-state index contributed by atoms with van der Waals surface area (Å²) in [6.45, 7) is 8.80. The summed E-state index contributed by atoms with van der Waals surface area (Å²) in [6.07, 6.45) is 17.2. The van der Waals surface area contributed by atoms with Crippen LogP contribution < -0.4 is 10.2 Å². The number of ether oxygens (including phenoxy) is 1. The van der Waals surface area contributed by atoms with E-state index in [9.17, 15) is 0 Å². The Morgan fingerprint density at radius 1 is 0.754 bits per heavy atom. The van der Waals surface area contributed by atoms with Gasteiger partial charge in [-0.05, 0) is 110 Å². The van der Waals surface area contributed by atoms with Crippen LogP contribution in [0, 0.1) is 26.7 Å². The fraction of sp³-hybridized carbons (Fsp3) is 0.192. The molecule has 5 heteroatoms. The van der Waals surface area contributed by atoms with Gasteiger partial charge in [0.25, 0.3) is 0 Å². The van der Waals surface area contributed by atoms with Crippen molar-refractivity contribution in [3.63, 3.8) is 0 Å². The Morgan fingerprint density at radius 3 is 2.21 bits per heavy atom. The van der Waals surface area contributed by atoms with Crippen molar-refractivity contribution < 1.29 is 4.74 Å². The van der Waals surface area contributed by atoms with Crippen molar-refractivity contribution in [2.75, 3.05) is 10.2 Å². The van der Waals surface area contributed by atoms with Crippen molar-refractivity contribution in [1.29, 1.82) is 0 Å². The van der Waals surface area contributed by atoms with Crippen LogP contribution >= 0.6 is 0 Å². The Bertz CT molecular complexity index is 2520. The van der Waals surface area contributed by atoms with E-state index >= 15 is 0 Å². The van der Waals surface area contributed by atoms with Crippen molar-refractivity contribution >= 4 is 34.3 Å². The molecule has 282 valence electrons. The smallest absolute Gasteiger partial charge is 0.160 e. The molecule has 5 aromatic carbocycles. The predicted octanol–water partition coefficient (Wildman–Crippen LogP) is 12.3. The Hall–Kier alpha value is -6.46. The fourth-order valence-electron chi connectivity index (χ4n) is 8.72. The normalized spacial score (nSPS) is 21.1. The number of allylic oxidation sites excluding steroid dienone is 6. The quantitative estimate of drug-likeness (QED) is 0.172. The van der Waals surface area contributed by atoms with Gasteiger partial charge in [0.05, 0.1) is 23.1 Å². The molecule has 2 heterocycles. The summed E-state index contributed by atoms with van der Waals surface area (Å²) in [5, 5.41) is 3.78. The number of hydrogen-bond acceptors (Lipinski definition) is 5. The van der Waals surface area contributed by atoms with Crippen molar-refractivity contribution in [2.45, 2.75) is 58.6 Å². The van der Waals surface area contributed by atoms with E-state index in [0.29, 0.717) is 0 Å². The zero-order chi connectivity index (χ0) is 38.9. The lowest BCUT2D eigenvalue weighted by Crippen LogP contribution is -2.48. The average molecular weight is 745 g/mol. The lowest BCUT2D eigenvalue weighted by atomic mass is 9.84. The third-order valence-electron chi connectivity index (χ3n) is 11.5. The summed E-state index contributed by atoms with van der Waals surface area (Å²) < 4.78 is 7.07. The maximum absolute atomic E-state index is 7.07. The number of nitrogens with zero attached hydrogens (tertiary/aromatic N) is 3. The summed E-state index contributed by atoms with van der Waals surface area (Å²) >= 11 is 0. The first-order chi connectivity index (χ1) is 27.9. The second-order valence-corrected chi connectivity index (χ2v) is 15.4. The van der Waals surface area contributed by atoms with Crippen LogP contribution in [0.25, 0.3) is 5.70 Å². The summed E-state index contributed by atoms with van der Waals surface area (Å²) in [5.41, 5.74) is 14.5. The van der Waals surface area contributed by atoms with Gasteiger partial charge < -0.3 is 15.0 Å².